The first-order valence-electron chi connectivity index (χ1n) is 9.08. The van der Waals surface area contributed by atoms with Gasteiger partial charge in [-0.25, -0.2) is 4.98 Å². The number of hydrogen-bond acceptors (Lipinski definition) is 5. The van der Waals surface area contributed by atoms with Crippen molar-refractivity contribution in [3.8, 4) is 0 Å². The van der Waals surface area contributed by atoms with Crippen LogP contribution in [0.3, 0.4) is 0 Å². The molecule has 1 aromatic rings. The van der Waals surface area contributed by atoms with Crippen LogP contribution in [0.4, 0.5) is 0 Å². The van der Waals surface area contributed by atoms with Gasteiger partial charge in [-0.1, -0.05) is 13.8 Å². The minimum atomic E-state index is 0.163. The summed E-state index contributed by atoms with van der Waals surface area (Å²) in [5.41, 5.74) is 0. The lowest BCUT2D eigenvalue weighted by Gasteiger charge is -2.25. The zero-order valence-electron chi connectivity index (χ0n) is 15.7. The average molecular weight is 342 g/mol. The van der Waals surface area contributed by atoms with Crippen LogP contribution in [-0.2, 0) is 25.6 Å². The van der Waals surface area contributed by atoms with Gasteiger partial charge in [-0.2, -0.15) is 0 Å². The topological polar surface area (TPSA) is 54.7 Å². The molecule has 3 rings (SSSR count). The molecule has 2 aliphatic rings. The second-order valence-corrected chi connectivity index (χ2v) is 5.55. The van der Waals surface area contributed by atoms with Gasteiger partial charge in [0.05, 0.1) is 6.10 Å². The predicted octanol–water partition coefficient (Wildman–Crippen LogP) is 3.57. The second kappa shape index (κ2) is 13.4. The van der Waals surface area contributed by atoms with Crippen molar-refractivity contribution in [2.45, 2.75) is 64.9 Å². The number of ether oxygens (including phenoxy) is 4. The summed E-state index contributed by atoms with van der Waals surface area (Å²) in [6.07, 6.45) is 10.00. The highest BCUT2D eigenvalue weighted by molar-refractivity contribution is 4.92. The highest BCUT2D eigenvalue weighted by atomic mass is 16.5. The zero-order chi connectivity index (χ0) is 17.6. The van der Waals surface area contributed by atoms with Gasteiger partial charge in [0.25, 0.3) is 0 Å². The predicted molar refractivity (Wildman–Crippen MR) is 94.0 cm³/mol. The van der Waals surface area contributed by atoms with E-state index in [9.17, 15) is 0 Å². The highest BCUT2D eigenvalue weighted by Gasteiger charge is 2.17. The van der Waals surface area contributed by atoms with Crippen LogP contribution in [0.2, 0.25) is 0 Å². The molecule has 2 fully saturated rings. The molecule has 6 nitrogen and oxygen atoms in total. The van der Waals surface area contributed by atoms with Crippen molar-refractivity contribution in [3.63, 3.8) is 0 Å². The maximum atomic E-state index is 5.68. The molecule has 0 spiro atoms. The Morgan fingerprint density at radius 1 is 1.12 bits per heavy atom. The van der Waals surface area contributed by atoms with E-state index < -0.39 is 0 Å². The highest BCUT2D eigenvalue weighted by Crippen LogP contribution is 2.23. The fraction of sp³-hybridized carbons (Fsp3) is 0.833. The summed E-state index contributed by atoms with van der Waals surface area (Å²) >= 11 is 0. The van der Waals surface area contributed by atoms with Crippen molar-refractivity contribution in [1.82, 2.24) is 9.55 Å². The molecular formula is C18H34N2O4. The summed E-state index contributed by atoms with van der Waals surface area (Å²) in [5.74, 6) is 0.944. The number of methoxy groups -OCH3 is 2. The Balaban J connectivity index is 0.000000245. The van der Waals surface area contributed by atoms with E-state index in [0.717, 1.165) is 44.9 Å². The maximum absolute atomic E-state index is 5.68. The number of aromatic nitrogens is 2. The van der Waals surface area contributed by atoms with E-state index in [4.69, 9.17) is 18.9 Å². The first-order chi connectivity index (χ1) is 11.8. The molecule has 2 aliphatic heterocycles. The van der Waals surface area contributed by atoms with Gasteiger partial charge in [0.15, 0.2) is 0 Å². The molecule has 0 aromatic carbocycles. The van der Waals surface area contributed by atoms with Gasteiger partial charge >= 0.3 is 0 Å². The summed E-state index contributed by atoms with van der Waals surface area (Å²) in [6, 6.07) is 0. The molecule has 3 heterocycles. The molecule has 6 heteroatoms. The summed E-state index contributed by atoms with van der Waals surface area (Å²) in [4.78, 5) is 4.24. The third kappa shape index (κ3) is 7.30. The van der Waals surface area contributed by atoms with Gasteiger partial charge in [0.2, 0.25) is 0 Å². The molecule has 140 valence electrons. The quantitative estimate of drug-likeness (QED) is 0.837. The minimum absolute atomic E-state index is 0.163. The standard InChI is InChI=1S/C10H16N2O2.C6H12O2.C2H6/c1-13-8-9-11-5-6-12(9)10-4-2-3-7-14-10;1-7-6-2-4-8-5-3-6;1-2/h5-6,10H,2-4,7-8H2,1H3;6H,2-5H2,1H3;1-2H3. The first kappa shape index (κ1) is 21.1. The van der Waals surface area contributed by atoms with Crippen molar-refractivity contribution >= 4 is 0 Å². The van der Waals surface area contributed by atoms with Crippen LogP contribution in [-0.4, -0.2) is 49.7 Å². The van der Waals surface area contributed by atoms with E-state index in [0.29, 0.717) is 12.7 Å². The van der Waals surface area contributed by atoms with Gasteiger partial charge < -0.3 is 23.5 Å². The fourth-order valence-corrected chi connectivity index (χ4v) is 2.70. The molecule has 0 amide bonds. The molecule has 0 aliphatic carbocycles. The molecule has 1 aromatic heterocycles. The average Bonchev–Trinajstić information content (AvgIpc) is 3.14. The van der Waals surface area contributed by atoms with Crippen molar-refractivity contribution in [3.05, 3.63) is 18.2 Å². The Labute approximate surface area is 146 Å². The number of nitrogens with zero attached hydrogens (tertiary/aromatic N) is 2. The molecule has 24 heavy (non-hydrogen) atoms. The monoisotopic (exact) mass is 342 g/mol. The van der Waals surface area contributed by atoms with Gasteiger partial charge in [-0.3, -0.25) is 0 Å². The molecule has 1 atom stereocenters. The van der Waals surface area contributed by atoms with E-state index >= 15 is 0 Å². The smallest absolute Gasteiger partial charge is 0.136 e. The van der Waals surface area contributed by atoms with Crippen molar-refractivity contribution in [2.75, 3.05) is 34.0 Å². The van der Waals surface area contributed by atoms with Crippen LogP contribution in [0.1, 0.15) is 58.0 Å². The molecule has 1 unspecified atom stereocenters. The van der Waals surface area contributed by atoms with Gasteiger partial charge in [-0.05, 0) is 32.1 Å². The minimum Gasteiger partial charge on any atom is -0.381 e. The number of rotatable bonds is 4. The molecule has 0 bridgehead atoms. The van der Waals surface area contributed by atoms with E-state index in [-0.39, 0.29) is 6.23 Å². The number of imidazole rings is 1. The summed E-state index contributed by atoms with van der Waals surface area (Å²) in [6.45, 7) is 7.15. The molecule has 0 saturated carbocycles. The Kier molecular flexibility index (Phi) is 11.7. The Hall–Kier alpha value is -0.950. The van der Waals surface area contributed by atoms with E-state index in [1.54, 1.807) is 20.4 Å². The van der Waals surface area contributed by atoms with Crippen LogP contribution in [0.15, 0.2) is 12.4 Å². The van der Waals surface area contributed by atoms with Crippen LogP contribution in [0.5, 0.6) is 0 Å². The van der Waals surface area contributed by atoms with Gasteiger partial charge in [0, 0.05) is 46.4 Å². The largest absolute Gasteiger partial charge is 0.381 e. The molecule has 0 N–H and O–H groups in total. The SMILES string of the molecule is CC.COC1CCOCC1.COCc1nccn1C1CCCCO1. The first-order valence-corrected chi connectivity index (χ1v) is 9.08. The molecular weight excluding hydrogens is 308 g/mol. The fourth-order valence-electron chi connectivity index (χ4n) is 2.70. The number of hydrogen-bond donors (Lipinski definition) is 0. The summed E-state index contributed by atoms with van der Waals surface area (Å²) in [7, 11) is 3.44. The Morgan fingerprint density at radius 2 is 1.88 bits per heavy atom. The van der Waals surface area contributed by atoms with Crippen molar-refractivity contribution < 1.29 is 18.9 Å². The van der Waals surface area contributed by atoms with Crippen molar-refractivity contribution in [2.24, 2.45) is 0 Å². The summed E-state index contributed by atoms with van der Waals surface area (Å²) in [5, 5.41) is 0. The van der Waals surface area contributed by atoms with Crippen LogP contribution >= 0.6 is 0 Å². The van der Waals surface area contributed by atoms with Crippen molar-refractivity contribution in [1.29, 1.82) is 0 Å². The van der Waals surface area contributed by atoms with Crippen LogP contribution in [0, 0.1) is 0 Å². The molecule has 2 saturated heterocycles. The van der Waals surface area contributed by atoms with E-state index in [1.807, 2.05) is 20.0 Å². The summed E-state index contributed by atoms with van der Waals surface area (Å²) < 4.78 is 23.1. The van der Waals surface area contributed by atoms with Gasteiger partial charge in [0.1, 0.15) is 18.7 Å². The van der Waals surface area contributed by atoms with Crippen LogP contribution < -0.4 is 0 Å². The van der Waals surface area contributed by atoms with E-state index in [1.165, 1.54) is 12.8 Å². The van der Waals surface area contributed by atoms with Crippen LogP contribution in [0.25, 0.3) is 0 Å². The molecule has 0 radical (unpaired) electrons. The normalized spacial score (nSPS) is 21.2. The Morgan fingerprint density at radius 3 is 2.42 bits per heavy atom. The Bertz CT molecular complexity index is 399. The lowest BCUT2D eigenvalue weighted by Crippen LogP contribution is -2.21. The second-order valence-electron chi connectivity index (χ2n) is 5.55. The van der Waals surface area contributed by atoms with Gasteiger partial charge in [-0.15, -0.1) is 0 Å². The van der Waals surface area contributed by atoms with E-state index in [2.05, 4.69) is 9.55 Å². The maximum Gasteiger partial charge on any atom is 0.136 e. The lowest BCUT2D eigenvalue weighted by molar-refractivity contribution is -0.0357. The third-order valence-electron chi connectivity index (χ3n) is 3.99. The zero-order valence-corrected chi connectivity index (χ0v) is 15.7. The third-order valence-corrected chi connectivity index (χ3v) is 3.99. The lowest BCUT2D eigenvalue weighted by atomic mass is 10.2.